The maximum atomic E-state index is 13.9. The van der Waals surface area contributed by atoms with Crippen molar-refractivity contribution in [3.63, 3.8) is 0 Å². The lowest BCUT2D eigenvalue weighted by atomic mass is 10.00. The lowest BCUT2D eigenvalue weighted by Gasteiger charge is -2.38. The first-order valence-electron chi connectivity index (χ1n) is 9.70. The number of hydrogen-bond donors (Lipinski definition) is 0. The average Bonchev–Trinajstić information content (AvgIpc) is 2.67. The number of carbonyl (C=O) groups is 1. The Bertz CT molecular complexity index is 572. The Balaban J connectivity index is 1.46. The maximum Gasteiger partial charge on any atom is 0.223 e. The van der Waals surface area contributed by atoms with E-state index in [9.17, 15) is 9.18 Å². The minimum atomic E-state index is -0.182. The molecule has 3 rings (SSSR count). The second kappa shape index (κ2) is 8.65. The number of anilines is 1. The number of carbonyl (C=O) groups excluding carboxylic acids is 1. The van der Waals surface area contributed by atoms with E-state index in [4.69, 9.17) is 0 Å². The minimum absolute atomic E-state index is 0.182. The number of hydrogen-bond acceptors (Lipinski definition) is 3. The lowest BCUT2D eigenvalue weighted by molar-refractivity contribution is -0.132. The van der Waals surface area contributed by atoms with E-state index in [0.29, 0.717) is 44.3 Å². The molecule has 1 amide bonds. The van der Waals surface area contributed by atoms with Crippen molar-refractivity contribution in [3.05, 3.63) is 30.1 Å². The molecule has 138 valence electrons. The van der Waals surface area contributed by atoms with Crippen LogP contribution < -0.4 is 4.90 Å². The van der Waals surface area contributed by atoms with Crippen LogP contribution >= 0.6 is 0 Å². The van der Waals surface area contributed by atoms with E-state index in [-0.39, 0.29) is 11.7 Å². The molecule has 2 aliphatic heterocycles. The summed E-state index contributed by atoms with van der Waals surface area (Å²) in [6.45, 7) is 7.03. The number of piperazine rings is 1. The van der Waals surface area contributed by atoms with Crippen LogP contribution in [0, 0.1) is 5.82 Å². The van der Waals surface area contributed by atoms with Crippen molar-refractivity contribution in [2.24, 2.45) is 0 Å². The first-order chi connectivity index (χ1) is 12.2. The van der Waals surface area contributed by atoms with Crippen molar-refractivity contribution in [3.8, 4) is 0 Å². The molecule has 0 spiro atoms. The number of halogens is 1. The Morgan fingerprint density at radius 2 is 1.88 bits per heavy atom. The Labute approximate surface area is 150 Å². The van der Waals surface area contributed by atoms with Crippen LogP contribution in [0.2, 0.25) is 0 Å². The zero-order valence-electron chi connectivity index (χ0n) is 15.3. The van der Waals surface area contributed by atoms with Gasteiger partial charge in [0.2, 0.25) is 5.91 Å². The topological polar surface area (TPSA) is 26.8 Å². The van der Waals surface area contributed by atoms with Gasteiger partial charge in [-0.15, -0.1) is 0 Å². The molecule has 1 aromatic carbocycles. The predicted octanol–water partition coefficient (Wildman–Crippen LogP) is 3.13. The van der Waals surface area contributed by atoms with Crippen LogP contribution in [0.25, 0.3) is 0 Å². The van der Waals surface area contributed by atoms with Gasteiger partial charge in [-0.1, -0.05) is 25.5 Å². The van der Waals surface area contributed by atoms with Crippen molar-refractivity contribution < 1.29 is 9.18 Å². The normalized spacial score (nSPS) is 22.2. The molecule has 4 nitrogen and oxygen atoms in total. The first kappa shape index (κ1) is 18.2. The summed E-state index contributed by atoms with van der Waals surface area (Å²) in [5.41, 5.74) is 0.647. The summed E-state index contributed by atoms with van der Waals surface area (Å²) in [5, 5.41) is 0. The molecule has 0 saturated carbocycles. The molecule has 0 N–H and O–H groups in total. The van der Waals surface area contributed by atoms with E-state index in [0.717, 1.165) is 13.1 Å². The number of nitrogens with zero attached hydrogens (tertiary/aromatic N) is 3. The number of rotatable bonds is 5. The molecule has 0 bridgehead atoms. The number of amides is 1. The standard InChI is InChI=1S/C20H30FN3O/c1-2-17-7-5-6-11-22(17)12-10-20(25)24-15-13-23(14-16-24)19-9-4-3-8-18(19)21/h3-4,8-9,17H,2,5-7,10-16H2,1H3. The molecule has 0 radical (unpaired) electrons. The van der Waals surface area contributed by atoms with Crippen LogP contribution in [0.3, 0.4) is 0 Å². The van der Waals surface area contributed by atoms with Crippen molar-refractivity contribution in [1.82, 2.24) is 9.80 Å². The molecule has 2 fully saturated rings. The third-order valence-corrected chi connectivity index (χ3v) is 5.66. The first-order valence-corrected chi connectivity index (χ1v) is 9.70. The SMILES string of the molecule is CCC1CCCCN1CCC(=O)N1CCN(c2ccccc2F)CC1. The van der Waals surface area contributed by atoms with E-state index in [2.05, 4.69) is 11.8 Å². The molecule has 5 heteroatoms. The summed E-state index contributed by atoms with van der Waals surface area (Å²) >= 11 is 0. The molecule has 0 aromatic heterocycles. The monoisotopic (exact) mass is 347 g/mol. The van der Waals surface area contributed by atoms with E-state index < -0.39 is 0 Å². The second-order valence-electron chi connectivity index (χ2n) is 7.16. The third-order valence-electron chi connectivity index (χ3n) is 5.66. The van der Waals surface area contributed by atoms with Gasteiger partial charge < -0.3 is 9.80 Å². The minimum Gasteiger partial charge on any atom is -0.366 e. The Morgan fingerprint density at radius 3 is 2.60 bits per heavy atom. The van der Waals surface area contributed by atoms with Gasteiger partial charge in [0.15, 0.2) is 0 Å². The van der Waals surface area contributed by atoms with Crippen LogP contribution in [0.1, 0.15) is 39.0 Å². The van der Waals surface area contributed by atoms with Crippen molar-refractivity contribution in [2.75, 3.05) is 44.2 Å². The summed E-state index contributed by atoms with van der Waals surface area (Å²) in [7, 11) is 0. The summed E-state index contributed by atoms with van der Waals surface area (Å²) in [6.07, 6.45) is 5.63. The molecule has 1 aromatic rings. The highest BCUT2D eigenvalue weighted by molar-refractivity contribution is 5.76. The van der Waals surface area contributed by atoms with Crippen LogP contribution in [0.5, 0.6) is 0 Å². The fourth-order valence-electron chi connectivity index (χ4n) is 4.12. The van der Waals surface area contributed by atoms with Gasteiger partial charge in [0.1, 0.15) is 5.82 Å². The van der Waals surface area contributed by atoms with Gasteiger partial charge in [-0.3, -0.25) is 9.69 Å². The van der Waals surface area contributed by atoms with Crippen molar-refractivity contribution in [1.29, 1.82) is 0 Å². The number of benzene rings is 1. The Morgan fingerprint density at radius 1 is 1.12 bits per heavy atom. The molecule has 1 unspecified atom stereocenters. The van der Waals surface area contributed by atoms with Crippen LogP contribution in [0.4, 0.5) is 10.1 Å². The van der Waals surface area contributed by atoms with E-state index in [1.807, 2.05) is 21.9 Å². The van der Waals surface area contributed by atoms with Gasteiger partial charge in [-0.25, -0.2) is 4.39 Å². The van der Waals surface area contributed by atoms with E-state index in [1.165, 1.54) is 31.7 Å². The molecule has 25 heavy (non-hydrogen) atoms. The summed E-state index contributed by atoms with van der Waals surface area (Å²) < 4.78 is 13.9. The van der Waals surface area contributed by atoms with Gasteiger partial charge in [-0.05, 0) is 37.9 Å². The predicted molar refractivity (Wildman–Crippen MR) is 99.3 cm³/mol. The summed E-state index contributed by atoms with van der Waals surface area (Å²) in [5.74, 6) is 0.0617. The molecule has 0 aliphatic carbocycles. The highest BCUT2D eigenvalue weighted by Crippen LogP contribution is 2.21. The number of para-hydroxylation sites is 1. The fraction of sp³-hybridized carbons (Fsp3) is 0.650. The molecule has 2 heterocycles. The van der Waals surface area contributed by atoms with Crippen LogP contribution in [-0.2, 0) is 4.79 Å². The van der Waals surface area contributed by atoms with E-state index in [1.54, 1.807) is 6.07 Å². The number of likely N-dealkylation sites (tertiary alicyclic amines) is 1. The molecule has 2 aliphatic rings. The highest BCUT2D eigenvalue weighted by atomic mass is 19.1. The number of piperidine rings is 1. The molecular formula is C20H30FN3O. The van der Waals surface area contributed by atoms with Gasteiger partial charge >= 0.3 is 0 Å². The summed E-state index contributed by atoms with van der Waals surface area (Å²) in [6, 6.07) is 7.53. The largest absolute Gasteiger partial charge is 0.366 e. The summed E-state index contributed by atoms with van der Waals surface area (Å²) in [4.78, 5) is 19.0. The average molecular weight is 347 g/mol. The van der Waals surface area contributed by atoms with Crippen LogP contribution in [0.15, 0.2) is 24.3 Å². The van der Waals surface area contributed by atoms with Gasteiger partial charge in [0.25, 0.3) is 0 Å². The highest BCUT2D eigenvalue weighted by Gasteiger charge is 2.25. The van der Waals surface area contributed by atoms with Crippen molar-refractivity contribution in [2.45, 2.75) is 45.1 Å². The zero-order chi connectivity index (χ0) is 17.6. The Kier molecular flexibility index (Phi) is 6.29. The lowest BCUT2D eigenvalue weighted by Crippen LogP contribution is -2.50. The van der Waals surface area contributed by atoms with Gasteiger partial charge in [0.05, 0.1) is 5.69 Å². The molecule has 1 atom stereocenters. The molecular weight excluding hydrogens is 317 g/mol. The quantitative estimate of drug-likeness (QED) is 0.819. The fourth-order valence-corrected chi connectivity index (χ4v) is 4.12. The van der Waals surface area contributed by atoms with E-state index >= 15 is 0 Å². The second-order valence-corrected chi connectivity index (χ2v) is 7.16. The van der Waals surface area contributed by atoms with Gasteiger partial charge in [0, 0.05) is 45.2 Å². The van der Waals surface area contributed by atoms with Crippen molar-refractivity contribution >= 4 is 11.6 Å². The third kappa shape index (κ3) is 4.51. The maximum absolute atomic E-state index is 13.9. The Hall–Kier alpha value is -1.62. The zero-order valence-corrected chi connectivity index (χ0v) is 15.3. The van der Waals surface area contributed by atoms with Crippen LogP contribution in [-0.4, -0.2) is 61.0 Å². The molecule has 2 saturated heterocycles. The van der Waals surface area contributed by atoms with Gasteiger partial charge in [-0.2, -0.15) is 0 Å². The smallest absolute Gasteiger partial charge is 0.223 e.